The van der Waals surface area contributed by atoms with E-state index in [-0.39, 0.29) is 0 Å². The first kappa shape index (κ1) is 15.7. The van der Waals surface area contributed by atoms with Crippen LogP contribution < -0.4 is 10.1 Å². The van der Waals surface area contributed by atoms with Gasteiger partial charge < -0.3 is 14.8 Å². The monoisotopic (exact) mass is 352 g/mol. The summed E-state index contributed by atoms with van der Waals surface area (Å²) in [7, 11) is 3.21. The fourth-order valence-electron chi connectivity index (χ4n) is 1.78. The lowest BCUT2D eigenvalue weighted by Crippen LogP contribution is -2.07. The molecule has 1 N–H and O–H groups in total. The maximum absolute atomic E-state index is 5.18. The number of methoxy groups -OCH3 is 2. The lowest BCUT2D eigenvalue weighted by atomic mass is 10.3. The summed E-state index contributed by atoms with van der Waals surface area (Å²) in [5.41, 5.74) is 1.42. The van der Waals surface area contributed by atoms with E-state index in [2.05, 4.69) is 36.2 Å². The molecule has 0 saturated heterocycles. The lowest BCUT2D eigenvalue weighted by Gasteiger charge is -2.11. The van der Waals surface area contributed by atoms with Crippen LogP contribution >= 0.6 is 15.9 Å². The van der Waals surface area contributed by atoms with Gasteiger partial charge in [0.2, 0.25) is 5.88 Å². The van der Waals surface area contributed by atoms with Crippen LogP contribution in [0.2, 0.25) is 0 Å². The third kappa shape index (κ3) is 3.68. The van der Waals surface area contributed by atoms with Crippen LogP contribution in [-0.2, 0) is 11.3 Å². The van der Waals surface area contributed by atoms with E-state index in [1.165, 1.54) is 0 Å². The summed E-state index contributed by atoms with van der Waals surface area (Å²) in [4.78, 5) is 13.4. The molecule has 0 aliphatic heterocycles. The molecule has 0 saturated carbocycles. The molecule has 0 bridgehead atoms. The van der Waals surface area contributed by atoms with Crippen LogP contribution in [0.15, 0.2) is 22.7 Å². The molecule has 0 spiro atoms. The van der Waals surface area contributed by atoms with Crippen molar-refractivity contribution in [1.82, 2.24) is 15.0 Å². The standard InChI is InChI=1S/C14H17BrN4O2/c1-4-16-14-12(15)10(8-20-2)18-13(19-14)9-6-5-7-11(17-9)21-3/h5-7H,4,8H2,1-3H3,(H,16,18,19). The first-order chi connectivity index (χ1) is 10.2. The third-order valence-corrected chi connectivity index (χ3v) is 3.54. The Morgan fingerprint density at radius 3 is 2.67 bits per heavy atom. The highest BCUT2D eigenvalue weighted by Crippen LogP contribution is 2.27. The topological polar surface area (TPSA) is 69.2 Å². The number of hydrogen-bond donors (Lipinski definition) is 1. The van der Waals surface area contributed by atoms with Gasteiger partial charge >= 0.3 is 0 Å². The largest absolute Gasteiger partial charge is 0.481 e. The van der Waals surface area contributed by atoms with Crippen molar-refractivity contribution in [3.63, 3.8) is 0 Å². The first-order valence-corrected chi connectivity index (χ1v) is 7.29. The van der Waals surface area contributed by atoms with Crippen molar-refractivity contribution in [3.8, 4) is 17.4 Å². The van der Waals surface area contributed by atoms with Crippen LogP contribution in [0.5, 0.6) is 5.88 Å². The molecule has 0 aliphatic rings. The Balaban J connectivity index is 2.51. The number of rotatable bonds is 6. The van der Waals surface area contributed by atoms with Gasteiger partial charge in [0.15, 0.2) is 5.82 Å². The number of nitrogens with zero attached hydrogens (tertiary/aromatic N) is 3. The molecule has 2 heterocycles. The second kappa shape index (κ2) is 7.33. The van der Waals surface area contributed by atoms with Crippen LogP contribution in [0, 0.1) is 0 Å². The molecule has 2 rings (SSSR count). The molecule has 2 aromatic heterocycles. The maximum atomic E-state index is 5.18. The Morgan fingerprint density at radius 2 is 2.00 bits per heavy atom. The summed E-state index contributed by atoms with van der Waals surface area (Å²) >= 11 is 3.51. The van der Waals surface area contributed by atoms with Crippen molar-refractivity contribution in [2.75, 3.05) is 26.1 Å². The Bertz CT molecular complexity index is 595. The van der Waals surface area contributed by atoms with Crippen molar-refractivity contribution < 1.29 is 9.47 Å². The summed E-state index contributed by atoms with van der Waals surface area (Å²) in [5, 5.41) is 3.20. The van der Waals surface area contributed by atoms with E-state index < -0.39 is 0 Å². The molecule has 21 heavy (non-hydrogen) atoms. The summed E-state index contributed by atoms with van der Waals surface area (Å²) in [5.74, 6) is 1.77. The smallest absolute Gasteiger partial charge is 0.213 e. The van der Waals surface area contributed by atoms with Crippen molar-refractivity contribution in [3.05, 3.63) is 28.4 Å². The molecule has 0 aliphatic carbocycles. The molecule has 7 heteroatoms. The highest BCUT2D eigenvalue weighted by Gasteiger charge is 2.14. The Morgan fingerprint density at radius 1 is 1.19 bits per heavy atom. The van der Waals surface area contributed by atoms with Crippen LogP contribution in [0.3, 0.4) is 0 Å². The Hall–Kier alpha value is -1.73. The zero-order valence-electron chi connectivity index (χ0n) is 12.2. The zero-order chi connectivity index (χ0) is 15.2. The number of nitrogens with one attached hydrogen (secondary N) is 1. The predicted molar refractivity (Wildman–Crippen MR) is 84.4 cm³/mol. The van der Waals surface area contributed by atoms with Gasteiger partial charge in [0.1, 0.15) is 11.5 Å². The van der Waals surface area contributed by atoms with E-state index in [4.69, 9.17) is 9.47 Å². The van der Waals surface area contributed by atoms with Crippen molar-refractivity contribution in [2.45, 2.75) is 13.5 Å². The average molecular weight is 353 g/mol. The number of aromatic nitrogens is 3. The van der Waals surface area contributed by atoms with Gasteiger partial charge in [-0.25, -0.2) is 15.0 Å². The molecular weight excluding hydrogens is 336 g/mol. The summed E-state index contributed by atoms with van der Waals surface area (Å²) < 4.78 is 11.1. The molecule has 0 radical (unpaired) electrons. The Labute approximate surface area is 132 Å². The molecule has 0 amide bonds. The summed E-state index contributed by atoms with van der Waals surface area (Å²) in [6.07, 6.45) is 0. The minimum Gasteiger partial charge on any atom is -0.481 e. The molecule has 0 fully saturated rings. The average Bonchev–Trinajstić information content (AvgIpc) is 2.51. The Kier molecular flexibility index (Phi) is 5.46. The van der Waals surface area contributed by atoms with E-state index in [9.17, 15) is 0 Å². The van der Waals surface area contributed by atoms with Gasteiger partial charge in [0.05, 0.1) is 23.9 Å². The SMILES string of the molecule is CCNc1nc(-c2cccc(OC)n2)nc(COC)c1Br. The molecule has 0 unspecified atom stereocenters. The summed E-state index contributed by atoms with van der Waals surface area (Å²) in [6, 6.07) is 5.48. The second-order valence-electron chi connectivity index (χ2n) is 4.19. The van der Waals surface area contributed by atoms with Gasteiger partial charge in [-0.1, -0.05) is 6.07 Å². The van der Waals surface area contributed by atoms with Crippen LogP contribution in [-0.4, -0.2) is 35.7 Å². The quantitative estimate of drug-likeness (QED) is 0.861. The van der Waals surface area contributed by atoms with Crippen LogP contribution in [0.4, 0.5) is 5.82 Å². The van der Waals surface area contributed by atoms with Crippen LogP contribution in [0.1, 0.15) is 12.6 Å². The molecule has 6 nitrogen and oxygen atoms in total. The summed E-state index contributed by atoms with van der Waals surface area (Å²) in [6.45, 7) is 3.15. The van der Waals surface area contributed by atoms with E-state index in [1.54, 1.807) is 20.3 Å². The highest BCUT2D eigenvalue weighted by molar-refractivity contribution is 9.10. The molecule has 2 aromatic rings. The van der Waals surface area contributed by atoms with Gasteiger partial charge in [0, 0.05) is 19.7 Å². The van der Waals surface area contributed by atoms with Gasteiger partial charge in [-0.2, -0.15) is 0 Å². The third-order valence-electron chi connectivity index (χ3n) is 2.71. The molecular formula is C14H17BrN4O2. The normalized spacial score (nSPS) is 10.5. The van der Waals surface area contributed by atoms with Crippen molar-refractivity contribution >= 4 is 21.7 Å². The van der Waals surface area contributed by atoms with Gasteiger partial charge in [-0.15, -0.1) is 0 Å². The van der Waals surface area contributed by atoms with E-state index in [0.717, 1.165) is 22.5 Å². The highest BCUT2D eigenvalue weighted by atomic mass is 79.9. The minimum atomic E-state index is 0.387. The van der Waals surface area contributed by atoms with Gasteiger partial charge in [-0.3, -0.25) is 0 Å². The van der Waals surface area contributed by atoms with Gasteiger partial charge in [-0.05, 0) is 28.9 Å². The minimum absolute atomic E-state index is 0.387. The first-order valence-electron chi connectivity index (χ1n) is 6.50. The van der Waals surface area contributed by atoms with E-state index >= 15 is 0 Å². The predicted octanol–water partition coefficient (Wildman–Crippen LogP) is 2.89. The molecule has 0 atom stereocenters. The van der Waals surface area contributed by atoms with E-state index in [0.29, 0.717) is 24.0 Å². The van der Waals surface area contributed by atoms with Crippen molar-refractivity contribution in [1.29, 1.82) is 0 Å². The number of hydrogen-bond acceptors (Lipinski definition) is 6. The van der Waals surface area contributed by atoms with Crippen molar-refractivity contribution in [2.24, 2.45) is 0 Å². The number of anilines is 1. The fraction of sp³-hybridized carbons (Fsp3) is 0.357. The number of halogens is 1. The number of ether oxygens (including phenoxy) is 2. The lowest BCUT2D eigenvalue weighted by molar-refractivity contribution is 0.181. The fourth-order valence-corrected chi connectivity index (χ4v) is 2.21. The number of pyridine rings is 1. The van der Waals surface area contributed by atoms with Gasteiger partial charge in [0.25, 0.3) is 0 Å². The maximum Gasteiger partial charge on any atom is 0.213 e. The second-order valence-corrected chi connectivity index (χ2v) is 4.98. The van der Waals surface area contributed by atoms with Crippen LogP contribution in [0.25, 0.3) is 11.5 Å². The van der Waals surface area contributed by atoms with E-state index in [1.807, 2.05) is 19.1 Å². The molecule has 0 aromatic carbocycles. The molecule has 112 valence electrons. The zero-order valence-corrected chi connectivity index (χ0v) is 13.8.